The molecule has 2 aromatic rings. The zero-order valence-corrected chi connectivity index (χ0v) is 13.2. The van der Waals surface area contributed by atoms with Crippen LogP contribution >= 0.6 is 0 Å². The molecule has 1 unspecified atom stereocenters. The Balaban J connectivity index is 1.89. The highest BCUT2D eigenvalue weighted by molar-refractivity contribution is 5.89. The number of rotatable bonds is 2. The molecule has 0 heterocycles. The van der Waals surface area contributed by atoms with Crippen molar-refractivity contribution in [2.75, 3.05) is 0 Å². The van der Waals surface area contributed by atoms with Crippen molar-refractivity contribution in [2.24, 2.45) is 0 Å². The molecule has 22 heavy (non-hydrogen) atoms. The number of carbonyl (C=O) groups excluding carboxylic acids is 1. The smallest absolute Gasteiger partial charge is 0.140 e. The van der Waals surface area contributed by atoms with E-state index in [1.165, 1.54) is 39.8 Å². The molecule has 1 fully saturated rings. The van der Waals surface area contributed by atoms with Crippen molar-refractivity contribution >= 4 is 5.78 Å². The molecule has 4 rings (SSSR count). The van der Waals surface area contributed by atoms with E-state index in [4.69, 9.17) is 0 Å². The van der Waals surface area contributed by atoms with Crippen molar-refractivity contribution in [3.05, 3.63) is 58.7 Å². The summed E-state index contributed by atoms with van der Waals surface area (Å²) in [7, 11) is 0. The fourth-order valence-corrected chi connectivity index (χ4v) is 4.31. The van der Waals surface area contributed by atoms with Gasteiger partial charge in [0, 0.05) is 12.3 Å². The third-order valence-corrected chi connectivity index (χ3v) is 5.41. The van der Waals surface area contributed by atoms with Gasteiger partial charge in [0.25, 0.3) is 0 Å². The molecule has 2 aromatic carbocycles. The van der Waals surface area contributed by atoms with E-state index in [0.29, 0.717) is 5.78 Å². The van der Waals surface area contributed by atoms with Crippen molar-refractivity contribution in [3.8, 4) is 11.1 Å². The summed E-state index contributed by atoms with van der Waals surface area (Å²) in [5, 5.41) is 0. The van der Waals surface area contributed by atoms with E-state index in [0.717, 1.165) is 32.1 Å². The van der Waals surface area contributed by atoms with Gasteiger partial charge in [0.15, 0.2) is 0 Å². The summed E-state index contributed by atoms with van der Waals surface area (Å²) < 4.78 is 0. The zero-order valence-electron chi connectivity index (χ0n) is 13.2. The lowest BCUT2D eigenvalue weighted by molar-refractivity contribution is -0.121. The van der Waals surface area contributed by atoms with Gasteiger partial charge in [-0.3, -0.25) is 4.79 Å². The predicted octanol–water partition coefficient (Wildman–Crippen LogP) is 5.05. The number of benzene rings is 2. The van der Waals surface area contributed by atoms with E-state index < -0.39 is 0 Å². The molecule has 0 spiro atoms. The van der Waals surface area contributed by atoms with Crippen LogP contribution in [0.2, 0.25) is 0 Å². The first-order valence-electron chi connectivity index (χ1n) is 8.55. The Bertz CT molecular complexity index is 742. The number of hydrogen-bond acceptors (Lipinski definition) is 1. The first-order valence-corrected chi connectivity index (χ1v) is 8.55. The molecule has 0 bridgehead atoms. The van der Waals surface area contributed by atoms with E-state index >= 15 is 0 Å². The van der Waals surface area contributed by atoms with Crippen LogP contribution in [0.3, 0.4) is 0 Å². The van der Waals surface area contributed by atoms with Crippen LogP contribution in [0.1, 0.15) is 60.8 Å². The maximum absolute atomic E-state index is 12.5. The molecule has 112 valence electrons. The number of aryl methyl sites for hydroxylation is 1. The first kappa shape index (κ1) is 13.8. The molecule has 1 atom stereocenters. The van der Waals surface area contributed by atoms with Crippen LogP contribution in [0.15, 0.2) is 36.4 Å². The van der Waals surface area contributed by atoms with Gasteiger partial charge in [-0.1, -0.05) is 49.7 Å². The maximum Gasteiger partial charge on any atom is 0.140 e. The molecule has 0 aliphatic heterocycles. The molecule has 1 nitrogen and oxygen atoms in total. The van der Waals surface area contributed by atoms with Crippen LogP contribution in [-0.4, -0.2) is 5.78 Å². The van der Waals surface area contributed by atoms with E-state index in [-0.39, 0.29) is 5.92 Å². The lowest BCUT2D eigenvalue weighted by atomic mass is 9.77. The normalized spacial score (nSPS) is 19.9. The van der Waals surface area contributed by atoms with Crippen molar-refractivity contribution < 1.29 is 4.79 Å². The summed E-state index contributed by atoms with van der Waals surface area (Å²) in [5.41, 5.74) is 8.33. The third-order valence-electron chi connectivity index (χ3n) is 5.41. The Hall–Kier alpha value is -1.89. The van der Waals surface area contributed by atoms with Crippen LogP contribution in [0, 0.1) is 0 Å². The zero-order chi connectivity index (χ0) is 15.1. The third kappa shape index (κ3) is 2.03. The Labute approximate surface area is 132 Å². The maximum atomic E-state index is 12.5. The average Bonchev–Trinajstić information content (AvgIpc) is 2.93. The molecule has 0 amide bonds. The van der Waals surface area contributed by atoms with E-state index in [2.05, 4.69) is 43.3 Å². The van der Waals surface area contributed by atoms with Crippen LogP contribution in [-0.2, 0) is 17.6 Å². The molecule has 0 aromatic heterocycles. The van der Waals surface area contributed by atoms with Gasteiger partial charge in [-0.2, -0.15) is 0 Å². The summed E-state index contributed by atoms with van der Waals surface area (Å²) in [6, 6.07) is 13.2. The van der Waals surface area contributed by atoms with E-state index in [1.54, 1.807) is 0 Å². The average molecular weight is 290 g/mol. The van der Waals surface area contributed by atoms with Crippen molar-refractivity contribution in [2.45, 2.75) is 51.4 Å². The fraction of sp³-hybridized carbons (Fsp3) is 0.381. The molecule has 2 aliphatic carbocycles. The summed E-state index contributed by atoms with van der Waals surface area (Å²) in [4.78, 5) is 12.5. The molecule has 0 N–H and O–H groups in total. The Morgan fingerprint density at radius 2 is 1.91 bits per heavy atom. The van der Waals surface area contributed by atoms with Crippen molar-refractivity contribution in [1.82, 2.24) is 0 Å². The quantitative estimate of drug-likeness (QED) is 0.645. The van der Waals surface area contributed by atoms with Gasteiger partial charge in [0.1, 0.15) is 5.78 Å². The minimum absolute atomic E-state index is 0.146. The van der Waals surface area contributed by atoms with Crippen molar-refractivity contribution in [3.63, 3.8) is 0 Å². The minimum Gasteiger partial charge on any atom is -0.299 e. The topological polar surface area (TPSA) is 17.1 Å². The van der Waals surface area contributed by atoms with Gasteiger partial charge in [0.05, 0.1) is 0 Å². The number of hydrogen-bond donors (Lipinski definition) is 0. The molecule has 2 aliphatic rings. The Morgan fingerprint density at radius 1 is 1.05 bits per heavy atom. The number of Topliss-reactive ketones (excluding diaryl/α,β-unsaturated/α-hetero) is 1. The summed E-state index contributed by atoms with van der Waals surface area (Å²) >= 11 is 0. The van der Waals surface area contributed by atoms with Gasteiger partial charge >= 0.3 is 0 Å². The summed E-state index contributed by atoms with van der Waals surface area (Å²) in [5.74, 6) is 0.610. The molecule has 0 radical (unpaired) electrons. The second kappa shape index (κ2) is 5.39. The lowest BCUT2D eigenvalue weighted by Gasteiger charge is -2.26. The monoisotopic (exact) mass is 290 g/mol. The standard InChI is InChI=1S/C21H22O/c1-2-14-11-12-17-16-8-4-3-7-15(16)13-19(17)21(14)18-9-5-6-10-20(18)22/h3-4,7-8,11-12,18H,2,5-6,9-10,13H2,1H3. The van der Waals surface area contributed by atoms with Gasteiger partial charge < -0.3 is 0 Å². The Kier molecular flexibility index (Phi) is 3.37. The van der Waals surface area contributed by atoms with Gasteiger partial charge in [-0.15, -0.1) is 0 Å². The van der Waals surface area contributed by atoms with Crippen LogP contribution < -0.4 is 0 Å². The van der Waals surface area contributed by atoms with E-state index in [9.17, 15) is 4.79 Å². The highest BCUT2D eigenvalue weighted by Crippen LogP contribution is 2.44. The fourth-order valence-electron chi connectivity index (χ4n) is 4.31. The molecule has 0 saturated heterocycles. The minimum atomic E-state index is 0.146. The summed E-state index contributed by atoms with van der Waals surface area (Å²) in [6.45, 7) is 2.21. The van der Waals surface area contributed by atoms with Gasteiger partial charge in [0.2, 0.25) is 0 Å². The number of fused-ring (bicyclic) bond motifs is 3. The number of carbonyl (C=O) groups is 1. The van der Waals surface area contributed by atoms with Crippen LogP contribution in [0.5, 0.6) is 0 Å². The summed E-state index contributed by atoms with van der Waals surface area (Å²) in [6.07, 6.45) is 6.09. The molecule has 1 heteroatoms. The molecule has 1 saturated carbocycles. The SMILES string of the molecule is CCc1ccc2c(c1C1CCCCC1=O)Cc1ccccc1-2. The van der Waals surface area contributed by atoms with Crippen LogP contribution in [0.25, 0.3) is 11.1 Å². The predicted molar refractivity (Wildman–Crippen MR) is 90.3 cm³/mol. The number of ketones is 1. The Morgan fingerprint density at radius 3 is 2.73 bits per heavy atom. The van der Waals surface area contributed by atoms with Crippen LogP contribution in [0.4, 0.5) is 0 Å². The van der Waals surface area contributed by atoms with Gasteiger partial charge in [-0.05, 0) is 59.1 Å². The second-order valence-electron chi connectivity index (χ2n) is 6.62. The lowest BCUT2D eigenvalue weighted by Crippen LogP contribution is -2.20. The van der Waals surface area contributed by atoms with Crippen molar-refractivity contribution in [1.29, 1.82) is 0 Å². The highest BCUT2D eigenvalue weighted by Gasteiger charge is 2.31. The highest BCUT2D eigenvalue weighted by atomic mass is 16.1. The first-order chi connectivity index (χ1) is 10.8. The van der Waals surface area contributed by atoms with Gasteiger partial charge in [-0.25, -0.2) is 0 Å². The second-order valence-corrected chi connectivity index (χ2v) is 6.62. The van der Waals surface area contributed by atoms with E-state index in [1.807, 2.05) is 0 Å². The molecular formula is C21H22O. The largest absolute Gasteiger partial charge is 0.299 e. The molecular weight excluding hydrogens is 268 g/mol.